The molecule has 1 unspecified atom stereocenters. The van der Waals surface area contributed by atoms with Gasteiger partial charge in [-0.2, -0.15) is 0 Å². The number of benzene rings is 1. The van der Waals surface area contributed by atoms with Crippen molar-refractivity contribution in [2.45, 2.75) is 25.7 Å². The van der Waals surface area contributed by atoms with Crippen LogP contribution in [0.4, 0.5) is 0 Å². The Morgan fingerprint density at radius 2 is 2.13 bits per heavy atom. The van der Waals surface area contributed by atoms with Crippen molar-refractivity contribution >= 4 is 0 Å². The van der Waals surface area contributed by atoms with Crippen LogP contribution in [0.5, 0.6) is 11.5 Å². The molecule has 3 heteroatoms. The Labute approximate surface area is 90.0 Å². The lowest BCUT2D eigenvalue weighted by Crippen LogP contribution is -2.36. The van der Waals surface area contributed by atoms with Crippen LogP contribution in [-0.2, 0) is 4.74 Å². The highest BCUT2D eigenvalue weighted by Crippen LogP contribution is 2.39. The van der Waals surface area contributed by atoms with Gasteiger partial charge in [-0.05, 0) is 25.1 Å². The van der Waals surface area contributed by atoms with Gasteiger partial charge in [0.25, 0.3) is 0 Å². The first-order valence-corrected chi connectivity index (χ1v) is 4.90. The molecule has 1 aromatic rings. The zero-order chi connectivity index (χ0) is 11.1. The fourth-order valence-corrected chi connectivity index (χ4v) is 1.69. The fourth-order valence-electron chi connectivity index (χ4n) is 1.69. The molecule has 1 aliphatic heterocycles. The van der Waals surface area contributed by atoms with Gasteiger partial charge in [0.1, 0.15) is 11.5 Å². The summed E-state index contributed by atoms with van der Waals surface area (Å²) in [5.74, 6) is 0.981. The molecule has 3 nitrogen and oxygen atoms in total. The lowest BCUT2D eigenvalue weighted by Gasteiger charge is -2.36. The summed E-state index contributed by atoms with van der Waals surface area (Å²) in [6.07, 6.45) is -0.223. The van der Waals surface area contributed by atoms with Crippen molar-refractivity contribution in [1.82, 2.24) is 0 Å². The molecular formula is C12H15O3. The normalized spacial score (nSPS) is 22.8. The van der Waals surface area contributed by atoms with Gasteiger partial charge >= 0.3 is 0 Å². The molecule has 1 heterocycles. The molecule has 1 atom stereocenters. The molecule has 1 aromatic carbocycles. The Balaban J connectivity index is 2.41. The van der Waals surface area contributed by atoms with Crippen LogP contribution < -0.4 is 9.47 Å². The number of hydrogen-bond acceptors (Lipinski definition) is 3. The second kappa shape index (κ2) is 3.42. The van der Waals surface area contributed by atoms with Gasteiger partial charge in [0, 0.05) is 19.4 Å². The van der Waals surface area contributed by atoms with E-state index >= 15 is 0 Å². The maximum Gasteiger partial charge on any atom is 0.205 e. The molecule has 0 spiro atoms. The third-order valence-corrected chi connectivity index (χ3v) is 2.35. The number of fused-ring (bicyclic) bond motifs is 1. The minimum absolute atomic E-state index is 0.223. The number of rotatable bonds is 1. The van der Waals surface area contributed by atoms with Crippen LogP contribution in [0.1, 0.15) is 25.5 Å². The Bertz CT molecular complexity index is 371. The maximum absolute atomic E-state index is 5.67. The van der Waals surface area contributed by atoms with Gasteiger partial charge in [-0.15, -0.1) is 0 Å². The van der Waals surface area contributed by atoms with Crippen molar-refractivity contribution in [2.24, 2.45) is 0 Å². The molecule has 81 valence electrons. The Morgan fingerprint density at radius 1 is 1.40 bits per heavy atom. The van der Waals surface area contributed by atoms with Crippen molar-refractivity contribution in [3.05, 3.63) is 30.7 Å². The Hall–Kier alpha value is -1.22. The molecule has 0 fully saturated rings. The molecule has 15 heavy (non-hydrogen) atoms. The predicted molar refractivity (Wildman–Crippen MR) is 56.9 cm³/mol. The molecule has 2 rings (SSSR count). The van der Waals surface area contributed by atoms with E-state index in [0.29, 0.717) is 0 Å². The second-order valence-electron chi connectivity index (χ2n) is 4.01. The SMILES string of the molecule is [CH2]C1OC(C)(C)Oc2ccc(OC)cc21. The summed E-state index contributed by atoms with van der Waals surface area (Å²) in [6, 6.07) is 5.64. The largest absolute Gasteiger partial charge is 0.497 e. The second-order valence-corrected chi connectivity index (χ2v) is 4.01. The van der Waals surface area contributed by atoms with Crippen molar-refractivity contribution in [3.8, 4) is 11.5 Å². The molecule has 0 saturated heterocycles. The van der Waals surface area contributed by atoms with Crippen LogP contribution in [0.3, 0.4) is 0 Å². The topological polar surface area (TPSA) is 27.7 Å². The first kappa shape index (κ1) is 10.3. The van der Waals surface area contributed by atoms with Gasteiger partial charge in [0.05, 0.1) is 13.2 Å². The third kappa shape index (κ3) is 1.92. The molecular weight excluding hydrogens is 192 g/mol. The highest BCUT2D eigenvalue weighted by molar-refractivity contribution is 5.43. The van der Waals surface area contributed by atoms with E-state index in [2.05, 4.69) is 6.92 Å². The van der Waals surface area contributed by atoms with E-state index in [4.69, 9.17) is 14.2 Å². The van der Waals surface area contributed by atoms with Gasteiger partial charge in [-0.25, -0.2) is 0 Å². The van der Waals surface area contributed by atoms with Crippen LogP contribution in [0.15, 0.2) is 18.2 Å². The van der Waals surface area contributed by atoms with Crippen molar-refractivity contribution < 1.29 is 14.2 Å². The van der Waals surface area contributed by atoms with Crippen LogP contribution >= 0.6 is 0 Å². The van der Waals surface area contributed by atoms with E-state index in [0.717, 1.165) is 17.1 Å². The zero-order valence-corrected chi connectivity index (χ0v) is 9.24. The lowest BCUT2D eigenvalue weighted by atomic mass is 10.1. The quantitative estimate of drug-likeness (QED) is 0.708. The van der Waals surface area contributed by atoms with Crippen LogP contribution in [0.25, 0.3) is 0 Å². The molecule has 0 bridgehead atoms. The average Bonchev–Trinajstić information content (AvgIpc) is 2.15. The van der Waals surface area contributed by atoms with E-state index in [1.807, 2.05) is 32.0 Å². The third-order valence-electron chi connectivity index (χ3n) is 2.35. The highest BCUT2D eigenvalue weighted by Gasteiger charge is 2.32. The van der Waals surface area contributed by atoms with Crippen molar-refractivity contribution in [3.63, 3.8) is 0 Å². The van der Waals surface area contributed by atoms with Gasteiger partial charge in [-0.1, -0.05) is 0 Å². The van der Waals surface area contributed by atoms with Gasteiger partial charge in [0.15, 0.2) is 0 Å². The maximum atomic E-state index is 5.67. The minimum atomic E-state index is -0.617. The van der Waals surface area contributed by atoms with Crippen molar-refractivity contribution in [1.29, 1.82) is 0 Å². The monoisotopic (exact) mass is 207 g/mol. The molecule has 0 N–H and O–H groups in total. The first-order chi connectivity index (χ1) is 7.02. The predicted octanol–water partition coefficient (Wildman–Crippen LogP) is 2.72. The highest BCUT2D eigenvalue weighted by atomic mass is 16.7. The summed E-state index contributed by atoms with van der Waals surface area (Å²) in [7, 11) is 1.63. The summed E-state index contributed by atoms with van der Waals surface area (Å²) >= 11 is 0. The Morgan fingerprint density at radius 3 is 2.80 bits per heavy atom. The summed E-state index contributed by atoms with van der Waals surface area (Å²) < 4.78 is 16.4. The summed E-state index contributed by atoms with van der Waals surface area (Å²) in [4.78, 5) is 0. The summed E-state index contributed by atoms with van der Waals surface area (Å²) in [5.41, 5.74) is 0.925. The van der Waals surface area contributed by atoms with E-state index in [-0.39, 0.29) is 6.10 Å². The van der Waals surface area contributed by atoms with Crippen LogP contribution in [-0.4, -0.2) is 12.9 Å². The lowest BCUT2D eigenvalue weighted by molar-refractivity contribution is -0.195. The molecule has 0 amide bonds. The minimum Gasteiger partial charge on any atom is -0.497 e. The molecule has 0 saturated carbocycles. The molecule has 1 radical (unpaired) electrons. The number of hydrogen-bond donors (Lipinski definition) is 0. The Kier molecular flexibility index (Phi) is 2.35. The van der Waals surface area contributed by atoms with Crippen molar-refractivity contribution in [2.75, 3.05) is 7.11 Å². The smallest absolute Gasteiger partial charge is 0.205 e. The van der Waals surface area contributed by atoms with E-state index in [1.54, 1.807) is 7.11 Å². The molecule has 0 aromatic heterocycles. The van der Waals surface area contributed by atoms with E-state index in [1.165, 1.54) is 0 Å². The van der Waals surface area contributed by atoms with Gasteiger partial charge in [-0.3, -0.25) is 0 Å². The standard InChI is InChI=1S/C12H15O3/c1-8-10-7-9(13-4)5-6-11(10)15-12(2,3)14-8/h5-8H,1H2,2-4H3. The fraction of sp³-hybridized carbons (Fsp3) is 0.417. The number of methoxy groups -OCH3 is 1. The van der Waals surface area contributed by atoms with E-state index < -0.39 is 5.79 Å². The first-order valence-electron chi connectivity index (χ1n) is 4.90. The van der Waals surface area contributed by atoms with Crippen LogP contribution in [0, 0.1) is 6.92 Å². The summed E-state index contributed by atoms with van der Waals surface area (Å²) in [5, 5.41) is 0. The summed E-state index contributed by atoms with van der Waals surface area (Å²) in [6.45, 7) is 7.70. The van der Waals surface area contributed by atoms with Gasteiger partial charge in [0.2, 0.25) is 5.79 Å². The van der Waals surface area contributed by atoms with Gasteiger partial charge < -0.3 is 14.2 Å². The average molecular weight is 207 g/mol. The van der Waals surface area contributed by atoms with E-state index in [9.17, 15) is 0 Å². The molecule has 1 aliphatic rings. The zero-order valence-electron chi connectivity index (χ0n) is 9.24. The number of ether oxygens (including phenoxy) is 3. The molecule has 0 aliphatic carbocycles. The van der Waals surface area contributed by atoms with Crippen LogP contribution in [0.2, 0.25) is 0 Å².